The molecule has 2 heteroatoms. The molecule has 0 spiro atoms. The summed E-state index contributed by atoms with van der Waals surface area (Å²) in [5.41, 5.74) is 0. The fourth-order valence-corrected chi connectivity index (χ4v) is 2.31. The van der Waals surface area contributed by atoms with E-state index in [1.807, 2.05) is 0 Å². The maximum absolute atomic E-state index is 8.64. The van der Waals surface area contributed by atoms with Gasteiger partial charge in [-0.15, -0.1) is 0 Å². The SMILES string of the molecule is CCCCCCCCCCCCCCCCO.N. The van der Waals surface area contributed by atoms with Crippen molar-refractivity contribution >= 4 is 0 Å². The topological polar surface area (TPSA) is 55.2 Å². The van der Waals surface area contributed by atoms with Crippen LogP contribution in [0.15, 0.2) is 0 Å². The first-order valence-corrected chi connectivity index (χ1v) is 8.02. The zero-order chi connectivity index (χ0) is 12.6. The van der Waals surface area contributed by atoms with Crippen LogP contribution in [-0.2, 0) is 0 Å². The van der Waals surface area contributed by atoms with E-state index >= 15 is 0 Å². The summed E-state index contributed by atoms with van der Waals surface area (Å²) in [6.45, 7) is 2.65. The Morgan fingerprint density at radius 3 is 1.06 bits per heavy atom. The highest BCUT2D eigenvalue weighted by molar-refractivity contribution is 4.48. The molecule has 0 heterocycles. The third-order valence-corrected chi connectivity index (χ3v) is 3.51. The van der Waals surface area contributed by atoms with Crippen molar-refractivity contribution in [1.82, 2.24) is 6.15 Å². The Bertz CT molecular complexity index is 114. The Kier molecular flexibility index (Phi) is 21.7. The van der Waals surface area contributed by atoms with Gasteiger partial charge in [0.25, 0.3) is 0 Å². The fraction of sp³-hybridized carbons (Fsp3) is 1.00. The summed E-state index contributed by atoms with van der Waals surface area (Å²) in [6.07, 6.45) is 19.2. The van der Waals surface area contributed by atoms with Gasteiger partial charge in [-0.05, 0) is 6.42 Å². The van der Waals surface area contributed by atoms with Gasteiger partial charge >= 0.3 is 0 Å². The first-order chi connectivity index (χ1) is 8.41. The second-order valence-electron chi connectivity index (χ2n) is 5.32. The van der Waals surface area contributed by atoms with Crippen molar-refractivity contribution in [3.63, 3.8) is 0 Å². The second-order valence-corrected chi connectivity index (χ2v) is 5.32. The van der Waals surface area contributed by atoms with Gasteiger partial charge in [-0.25, -0.2) is 0 Å². The standard InChI is InChI=1S/C16H34O.H3N/c1-2-3-4-5-6-7-8-9-10-11-12-13-14-15-16-17;/h17H,2-16H2,1H3;1H3. The van der Waals surface area contributed by atoms with E-state index in [1.165, 1.54) is 83.5 Å². The van der Waals surface area contributed by atoms with E-state index in [0.29, 0.717) is 6.61 Å². The predicted molar refractivity (Wildman–Crippen MR) is 82.4 cm³/mol. The maximum atomic E-state index is 8.64. The number of unbranched alkanes of at least 4 members (excludes halogenated alkanes) is 13. The quantitative estimate of drug-likeness (QED) is 0.398. The van der Waals surface area contributed by atoms with Crippen LogP contribution in [0.1, 0.15) is 96.8 Å². The Balaban J connectivity index is 0. The Labute approximate surface area is 115 Å². The average Bonchev–Trinajstić information content (AvgIpc) is 2.35. The molecule has 0 aromatic heterocycles. The van der Waals surface area contributed by atoms with Crippen LogP contribution in [0.4, 0.5) is 0 Å². The van der Waals surface area contributed by atoms with Crippen LogP contribution >= 0.6 is 0 Å². The van der Waals surface area contributed by atoms with Gasteiger partial charge < -0.3 is 11.3 Å². The molecule has 0 aromatic rings. The van der Waals surface area contributed by atoms with Gasteiger partial charge in [0.1, 0.15) is 0 Å². The van der Waals surface area contributed by atoms with Gasteiger partial charge in [0, 0.05) is 6.61 Å². The fourth-order valence-electron chi connectivity index (χ4n) is 2.31. The number of aliphatic hydroxyl groups is 1. The lowest BCUT2D eigenvalue weighted by molar-refractivity contribution is 0.282. The van der Waals surface area contributed by atoms with Crippen molar-refractivity contribution < 1.29 is 5.11 Å². The van der Waals surface area contributed by atoms with Crippen LogP contribution in [0, 0.1) is 0 Å². The highest BCUT2D eigenvalue weighted by Crippen LogP contribution is 2.12. The molecule has 0 aliphatic carbocycles. The van der Waals surface area contributed by atoms with E-state index in [-0.39, 0.29) is 6.15 Å². The Hall–Kier alpha value is -0.0800. The van der Waals surface area contributed by atoms with E-state index in [0.717, 1.165) is 6.42 Å². The molecule has 0 saturated heterocycles. The van der Waals surface area contributed by atoms with Crippen LogP contribution < -0.4 is 6.15 Å². The van der Waals surface area contributed by atoms with E-state index in [9.17, 15) is 0 Å². The van der Waals surface area contributed by atoms with Crippen LogP contribution in [0.2, 0.25) is 0 Å². The molecule has 0 saturated carbocycles. The molecule has 4 N–H and O–H groups in total. The second kappa shape index (κ2) is 19.3. The summed E-state index contributed by atoms with van der Waals surface area (Å²) < 4.78 is 0. The third-order valence-electron chi connectivity index (χ3n) is 3.51. The molecule has 0 amide bonds. The van der Waals surface area contributed by atoms with Crippen LogP contribution in [-0.4, -0.2) is 11.7 Å². The first kappa shape index (κ1) is 20.2. The number of aliphatic hydroxyl groups excluding tert-OH is 1. The highest BCUT2D eigenvalue weighted by atomic mass is 16.2. The summed E-state index contributed by atoms with van der Waals surface area (Å²) in [5.74, 6) is 0. The lowest BCUT2D eigenvalue weighted by Crippen LogP contribution is -1.84. The van der Waals surface area contributed by atoms with Gasteiger partial charge in [0.15, 0.2) is 0 Å². The third kappa shape index (κ3) is 18.3. The molecule has 112 valence electrons. The van der Waals surface area contributed by atoms with Gasteiger partial charge in [-0.1, -0.05) is 90.4 Å². The molecule has 0 radical (unpaired) electrons. The minimum absolute atomic E-state index is 0. The largest absolute Gasteiger partial charge is 0.396 e. The molecule has 2 nitrogen and oxygen atoms in total. The highest BCUT2D eigenvalue weighted by Gasteiger charge is 1.93. The van der Waals surface area contributed by atoms with Gasteiger partial charge in [0.05, 0.1) is 0 Å². The van der Waals surface area contributed by atoms with Crippen molar-refractivity contribution in [1.29, 1.82) is 0 Å². The molecule has 0 aliphatic rings. The molecule has 0 aliphatic heterocycles. The molecular weight excluding hydrogens is 222 g/mol. The minimum atomic E-state index is 0. The van der Waals surface area contributed by atoms with Gasteiger partial charge in [-0.2, -0.15) is 0 Å². The molecule has 0 rings (SSSR count). The summed E-state index contributed by atoms with van der Waals surface area (Å²) in [4.78, 5) is 0. The van der Waals surface area contributed by atoms with Crippen molar-refractivity contribution in [3.05, 3.63) is 0 Å². The van der Waals surface area contributed by atoms with Crippen molar-refractivity contribution in [2.75, 3.05) is 6.61 Å². The molecule has 0 bridgehead atoms. The van der Waals surface area contributed by atoms with E-state index in [1.54, 1.807) is 0 Å². The summed E-state index contributed by atoms with van der Waals surface area (Å²) in [7, 11) is 0. The lowest BCUT2D eigenvalue weighted by Gasteiger charge is -2.02. The van der Waals surface area contributed by atoms with E-state index in [4.69, 9.17) is 5.11 Å². The van der Waals surface area contributed by atoms with Crippen LogP contribution in [0.5, 0.6) is 0 Å². The molecule has 0 unspecified atom stereocenters. The zero-order valence-corrected chi connectivity index (χ0v) is 12.8. The predicted octanol–water partition coefficient (Wildman–Crippen LogP) is 5.62. The lowest BCUT2D eigenvalue weighted by atomic mass is 10.0. The Morgan fingerprint density at radius 1 is 0.500 bits per heavy atom. The van der Waals surface area contributed by atoms with Crippen molar-refractivity contribution in [2.24, 2.45) is 0 Å². The normalized spacial score (nSPS) is 10.3. The van der Waals surface area contributed by atoms with Gasteiger partial charge in [0.2, 0.25) is 0 Å². The molecule has 0 atom stereocenters. The van der Waals surface area contributed by atoms with Crippen LogP contribution in [0.3, 0.4) is 0 Å². The minimum Gasteiger partial charge on any atom is -0.396 e. The maximum Gasteiger partial charge on any atom is 0.0431 e. The first-order valence-electron chi connectivity index (χ1n) is 8.02. The summed E-state index contributed by atoms with van der Waals surface area (Å²) in [6, 6.07) is 0. The van der Waals surface area contributed by atoms with Gasteiger partial charge in [-0.3, -0.25) is 0 Å². The van der Waals surface area contributed by atoms with E-state index in [2.05, 4.69) is 6.92 Å². The molecular formula is C16H37NO. The van der Waals surface area contributed by atoms with Crippen molar-refractivity contribution in [2.45, 2.75) is 96.8 Å². The summed E-state index contributed by atoms with van der Waals surface area (Å²) >= 11 is 0. The Morgan fingerprint density at radius 2 is 0.778 bits per heavy atom. The smallest absolute Gasteiger partial charge is 0.0431 e. The number of hydrogen-bond donors (Lipinski definition) is 2. The number of hydrogen-bond acceptors (Lipinski definition) is 2. The van der Waals surface area contributed by atoms with Crippen LogP contribution in [0.25, 0.3) is 0 Å². The molecule has 0 aromatic carbocycles. The number of rotatable bonds is 14. The van der Waals surface area contributed by atoms with E-state index < -0.39 is 0 Å². The average molecular weight is 259 g/mol. The molecule has 0 fully saturated rings. The van der Waals surface area contributed by atoms with Crippen molar-refractivity contribution in [3.8, 4) is 0 Å². The monoisotopic (exact) mass is 259 g/mol. The summed E-state index contributed by atoms with van der Waals surface area (Å²) in [5, 5.41) is 8.64. The molecule has 18 heavy (non-hydrogen) atoms. The zero-order valence-electron chi connectivity index (χ0n) is 12.8.